The SMILES string of the molecule is CN1C(=O)C(C)(C)c2cc(CNC(=O)C3CCC3)ccc21. The summed E-state index contributed by atoms with van der Waals surface area (Å²) in [6.07, 6.45) is 3.20. The summed E-state index contributed by atoms with van der Waals surface area (Å²) < 4.78 is 0. The van der Waals surface area contributed by atoms with Crippen LogP contribution in [0.4, 0.5) is 5.69 Å². The van der Waals surface area contributed by atoms with E-state index >= 15 is 0 Å². The second-order valence-electron chi connectivity index (χ2n) is 6.69. The van der Waals surface area contributed by atoms with Gasteiger partial charge in [0.05, 0.1) is 5.41 Å². The van der Waals surface area contributed by atoms with Crippen LogP contribution in [0.3, 0.4) is 0 Å². The van der Waals surface area contributed by atoms with Gasteiger partial charge in [-0.1, -0.05) is 18.6 Å². The molecule has 21 heavy (non-hydrogen) atoms. The molecular weight excluding hydrogens is 264 g/mol. The summed E-state index contributed by atoms with van der Waals surface area (Å²) in [5.74, 6) is 0.492. The maximum atomic E-state index is 12.3. The minimum Gasteiger partial charge on any atom is -0.352 e. The Morgan fingerprint density at radius 1 is 1.38 bits per heavy atom. The van der Waals surface area contributed by atoms with E-state index in [1.165, 1.54) is 6.42 Å². The maximum Gasteiger partial charge on any atom is 0.236 e. The third-order valence-corrected chi connectivity index (χ3v) is 4.88. The van der Waals surface area contributed by atoms with Crippen molar-refractivity contribution in [3.63, 3.8) is 0 Å². The van der Waals surface area contributed by atoms with E-state index < -0.39 is 5.41 Å². The summed E-state index contributed by atoms with van der Waals surface area (Å²) in [6.45, 7) is 4.44. The van der Waals surface area contributed by atoms with Crippen molar-refractivity contribution >= 4 is 17.5 Å². The van der Waals surface area contributed by atoms with Crippen LogP contribution in [0.15, 0.2) is 18.2 Å². The molecule has 2 aliphatic rings. The topological polar surface area (TPSA) is 49.4 Å². The Kier molecular flexibility index (Phi) is 3.27. The molecule has 1 aliphatic carbocycles. The number of benzene rings is 1. The molecular formula is C17H22N2O2. The number of hydrogen-bond donors (Lipinski definition) is 1. The van der Waals surface area contributed by atoms with Crippen molar-refractivity contribution in [2.45, 2.75) is 45.1 Å². The molecule has 2 amide bonds. The van der Waals surface area contributed by atoms with E-state index in [-0.39, 0.29) is 17.7 Å². The minimum atomic E-state index is -0.488. The first-order chi connectivity index (χ1) is 9.91. The van der Waals surface area contributed by atoms with Gasteiger partial charge in [0.1, 0.15) is 0 Å². The lowest BCUT2D eigenvalue weighted by molar-refractivity contribution is -0.127. The third kappa shape index (κ3) is 2.23. The Hall–Kier alpha value is -1.84. The zero-order valence-corrected chi connectivity index (χ0v) is 12.9. The van der Waals surface area contributed by atoms with Crippen LogP contribution in [0.5, 0.6) is 0 Å². The molecule has 4 heteroatoms. The molecule has 0 bridgehead atoms. The van der Waals surface area contributed by atoms with Gasteiger partial charge in [-0.2, -0.15) is 0 Å². The molecule has 4 nitrogen and oxygen atoms in total. The summed E-state index contributed by atoms with van der Waals surface area (Å²) in [6, 6.07) is 6.02. The van der Waals surface area contributed by atoms with E-state index in [4.69, 9.17) is 0 Å². The van der Waals surface area contributed by atoms with Crippen LogP contribution < -0.4 is 10.2 Å². The molecule has 0 atom stereocenters. The molecule has 1 fully saturated rings. The zero-order chi connectivity index (χ0) is 15.2. The first-order valence-corrected chi connectivity index (χ1v) is 7.60. The molecule has 0 spiro atoms. The van der Waals surface area contributed by atoms with Gasteiger partial charge in [0.25, 0.3) is 0 Å². The minimum absolute atomic E-state index is 0.119. The zero-order valence-electron chi connectivity index (χ0n) is 12.9. The van der Waals surface area contributed by atoms with Gasteiger partial charge >= 0.3 is 0 Å². The molecule has 0 saturated heterocycles. The Bertz CT molecular complexity index is 603. The number of carbonyl (C=O) groups excluding carboxylic acids is 2. The highest BCUT2D eigenvalue weighted by Gasteiger charge is 2.42. The van der Waals surface area contributed by atoms with Gasteiger partial charge in [0.15, 0.2) is 0 Å². The van der Waals surface area contributed by atoms with Crippen molar-refractivity contribution < 1.29 is 9.59 Å². The molecule has 1 heterocycles. The number of nitrogens with one attached hydrogen (secondary N) is 1. The van der Waals surface area contributed by atoms with E-state index in [1.54, 1.807) is 4.90 Å². The second kappa shape index (κ2) is 4.86. The molecule has 1 aromatic rings. The summed E-state index contributed by atoms with van der Waals surface area (Å²) in [5, 5.41) is 3.00. The standard InChI is InChI=1S/C17H22N2O2/c1-17(2)13-9-11(7-8-14(13)19(3)16(17)21)10-18-15(20)12-5-4-6-12/h7-9,12H,4-6,10H2,1-3H3,(H,18,20). The molecule has 1 aromatic carbocycles. The lowest BCUT2D eigenvalue weighted by atomic mass is 9.84. The fourth-order valence-electron chi connectivity index (χ4n) is 3.13. The van der Waals surface area contributed by atoms with Gasteiger partial charge in [-0.05, 0) is 43.9 Å². The Morgan fingerprint density at radius 3 is 2.71 bits per heavy atom. The number of carbonyl (C=O) groups is 2. The van der Waals surface area contributed by atoms with Crippen LogP contribution in [0.2, 0.25) is 0 Å². The fourth-order valence-corrected chi connectivity index (χ4v) is 3.13. The van der Waals surface area contributed by atoms with E-state index in [0.29, 0.717) is 6.54 Å². The van der Waals surface area contributed by atoms with E-state index in [0.717, 1.165) is 29.7 Å². The number of nitrogens with zero attached hydrogens (tertiary/aromatic N) is 1. The van der Waals surface area contributed by atoms with Crippen molar-refractivity contribution in [2.24, 2.45) is 5.92 Å². The van der Waals surface area contributed by atoms with Crippen LogP contribution in [0.25, 0.3) is 0 Å². The predicted molar refractivity (Wildman–Crippen MR) is 82.1 cm³/mol. The molecule has 0 radical (unpaired) electrons. The molecule has 112 valence electrons. The number of amides is 2. The fraction of sp³-hybridized carbons (Fsp3) is 0.529. The van der Waals surface area contributed by atoms with Crippen LogP contribution in [-0.4, -0.2) is 18.9 Å². The van der Waals surface area contributed by atoms with Gasteiger partial charge in [-0.25, -0.2) is 0 Å². The van der Waals surface area contributed by atoms with E-state index in [1.807, 2.05) is 33.0 Å². The average Bonchev–Trinajstić information content (AvgIpc) is 2.56. The van der Waals surface area contributed by atoms with Gasteiger partial charge in [-0.3, -0.25) is 9.59 Å². The Balaban J connectivity index is 1.76. The first-order valence-electron chi connectivity index (χ1n) is 7.60. The molecule has 1 aliphatic heterocycles. The van der Waals surface area contributed by atoms with Crippen LogP contribution in [0.1, 0.15) is 44.2 Å². The van der Waals surface area contributed by atoms with Gasteiger partial charge in [0.2, 0.25) is 11.8 Å². The van der Waals surface area contributed by atoms with Crippen molar-refractivity contribution in [1.82, 2.24) is 5.32 Å². The Labute approximate surface area is 125 Å². The highest BCUT2D eigenvalue weighted by molar-refractivity contribution is 6.07. The summed E-state index contributed by atoms with van der Waals surface area (Å²) in [7, 11) is 1.81. The highest BCUT2D eigenvalue weighted by atomic mass is 16.2. The van der Waals surface area contributed by atoms with Gasteiger partial charge in [0, 0.05) is 25.2 Å². The summed E-state index contributed by atoms with van der Waals surface area (Å²) >= 11 is 0. The normalized spacial score (nSPS) is 20.1. The number of hydrogen-bond acceptors (Lipinski definition) is 2. The smallest absolute Gasteiger partial charge is 0.236 e. The summed E-state index contributed by atoms with van der Waals surface area (Å²) in [4.78, 5) is 25.9. The molecule has 0 aromatic heterocycles. The quantitative estimate of drug-likeness (QED) is 0.927. The van der Waals surface area contributed by atoms with Gasteiger partial charge in [-0.15, -0.1) is 0 Å². The van der Waals surface area contributed by atoms with Crippen LogP contribution in [0, 0.1) is 5.92 Å². The molecule has 0 unspecified atom stereocenters. The second-order valence-corrected chi connectivity index (χ2v) is 6.69. The predicted octanol–water partition coefficient (Wildman–Crippen LogP) is 2.36. The van der Waals surface area contributed by atoms with Crippen molar-refractivity contribution in [3.05, 3.63) is 29.3 Å². The number of fused-ring (bicyclic) bond motifs is 1. The molecule has 1 saturated carbocycles. The van der Waals surface area contributed by atoms with Crippen molar-refractivity contribution in [1.29, 1.82) is 0 Å². The number of rotatable bonds is 3. The lowest BCUT2D eigenvalue weighted by Crippen LogP contribution is -2.34. The first kappa shape index (κ1) is 14.1. The monoisotopic (exact) mass is 286 g/mol. The highest BCUT2D eigenvalue weighted by Crippen LogP contribution is 2.41. The number of likely N-dealkylation sites (N-methyl/N-ethyl adjacent to an activating group) is 1. The van der Waals surface area contributed by atoms with E-state index in [9.17, 15) is 9.59 Å². The van der Waals surface area contributed by atoms with Crippen LogP contribution in [-0.2, 0) is 21.5 Å². The van der Waals surface area contributed by atoms with Crippen LogP contribution >= 0.6 is 0 Å². The molecule has 1 N–H and O–H groups in total. The van der Waals surface area contributed by atoms with Crippen molar-refractivity contribution in [3.8, 4) is 0 Å². The average molecular weight is 286 g/mol. The summed E-state index contributed by atoms with van der Waals surface area (Å²) in [5.41, 5.74) is 2.58. The maximum absolute atomic E-state index is 12.3. The molecule has 3 rings (SSSR count). The van der Waals surface area contributed by atoms with Gasteiger partial charge < -0.3 is 10.2 Å². The lowest BCUT2D eigenvalue weighted by Gasteiger charge is -2.24. The number of anilines is 1. The van der Waals surface area contributed by atoms with E-state index in [2.05, 4.69) is 11.4 Å². The Morgan fingerprint density at radius 2 is 2.10 bits per heavy atom. The third-order valence-electron chi connectivity index (χ3n) is 4.88. The van der Waals surface area contributed by atoms with Crippen molar-refractivity contribution in [2.75, 3.05) is 11.9 Å². The largest absolute Gasteiger partial charge is 0.352 e.